The molecule has 4 aliphatic rings. The predicted octanol–water partition coefficient (Wildman–Crippen LogP) is 2.32. The molecule has 0 radical (unpaired) electrons. The molecule has 7 nitrogen and oxygen atoms in total. The van der Waals surface area contributed by atoms with Gasteiger partial charge in [0, 0.05) is 31.6 Å². The second-order valence-electron chi connectivity index (χ2n) is 8.66. The standard InChI is InChI=1S/C22H24N4O3/c1-2-22-9-14(22)10-26(11-22)20-15-5-6-23-21(27)19(15)24-18(25-20)8-13-3-4-16-17(7-13)29-12-28-16/h3-4,7,14H,2,5-6,8-12H2,1H3,(H,23,27)/t14-,22+/m0/s1. The average Bonchev–Trinajstić information content (AvgIpc) is 3.06. The van der Waals surface area contributed by atoms with E-state index in [1.165, 1.54) is 12.8 Å². The summed E-state index contributed by atoms with van der Waals surface area (Å²) < 4.78 is 10.9. The first kappa shape index (κ1) is 17.1. The van der Waals surface area contributed by atoms with E-state index in [0.29, 0.717) is 29.9 Å². The van der Waals surface area contributed by atoms with E-state index in [1.807, 2.05) is 18.2 Å². The fraction of sp³-hybridized carbons (Fsp3) is 0.500. The molecule has 2 aromatic rings. The van der Waals surface area contributed by atoms with E-state index in [0.717, 1.165) is 53.9 Å². The topological polar surface area (TPSA) is 76.6 Å². The first-order valence-corrected chi connectivity index (χ1v) is 10.5. The summed E-state index contributed by atoms with van der Waals surface area (Å²) >= 11 is 0. The van der Waals surface area contributed by atoms with Gasteiger partial charge < -0.3 is 19.7 Å². The molecule has 1 aromatic carbocycles. The van der Waals surface area contributed by atoms with Crippen molar-refractivity contribution in [2.45, 2.75) is 32.6 Å². The minimum absolute atomic E-state index is 0.0867. The maximum absolute atomic E-state index is 12.5. The molecule has 2 atom stereocenters. The lowest BCUT2D eigenvalue weighted by molar-refractivity contribution is 0.0940. The molecule has 2 fully saturated rings. The molecule has 0 unspecified atom stereocenters. The third-order valence-corrected chi connectivity index (χ3v) is 7.02. The highest BCUT2D eigenvalue weighted by Crippen LogP contribution is 2.60. The van der Waals surface area contributed by atoms with Crippen LogP contribution in [0.15, 0.2) is 18.2 Å². The number of amides is 1. The summed E-state index contributed by atoms with van der Waals surface area (Å²) in [5.74, 6) is 3.86. The van der Waals surface area contributed by atoms with Gasteiger partial charge >= 0.3 is 0 Å². The fourth-order valence-electron chi connectivity index (χ4n) is 5.19. The smallest absolute Gasteiger partial charge is 0.270 e. The van der Waals surface area contributed by atoms with Crippen LogP contribution in [0.3, 0.4) is 0 Å². The Morgan fingerprint density at radius 2 is 2.17 bits per heavy atom. The van der Waals surface area contributed by atoms with E-state index in [4.69, 9.17) is 14.5 Å². The zero-order chi connectivity index (χ0) is 19.6. The summed E-state index contributed by atoms with van der Waals surface area (Å²) in [7, 11) is 0. The SMILES string of the molecule is CC[C@]12C[C@H]1CN(c1nc(Cc3ccc4c(c3)OCO4)nc3c1CCNC3=O)C2. The highest BCUT2D eigenvalue weighted by molar-refractivity contribution is 5.96. The second kappa shape index (κ2) is 6.08. The van der Waals surface area contributed by atoms with Crippen LogP contribution < -0.4 is 19.7 Å². The summed E-state index contributed by atoms with van der Waals surface area (Å²) in [5, 5.41) is 2.93. The number of carbonyl (C=O) groups is 1. The number of ether oxygens (including phenoxy) is 2. The van der Waals surface area contributed by atoms with Gasteiger partial charge in [-0.15, -0.1) is 0 Å². The van der Waals surface area contributed by atoms with Crippen molar-refractivity contribution in [3.63, 3.8) is 0 Å². The molecule has 150 valence electrons. The van der Waals surface area contributed by atoms with Crippen molar-refractivity contribution in [1.29, 1.82) is 0 Å². The van der Waals surface area contributed by atoms with Crippen LogP contribution in [0, 0.1) is 11.3 Å². The second-order valence-corrected chi connectivity index (χ2v) is 8.66. The van der Waals surface area contributed by atoms with E-state index in [1.54, 1.807) is 0 Å². The van der Waals surface area contributed by atoms with Crippen LogP contribution in [-0.4, -0.2) is 42.3 Å². The molecule has 1 aliphatic carbocycles. The van der Waals surface area contributed by atoms with Gasteiger partial charge in [-0.2, -0.15) is 0 Å². The van der Waals surface area contributed by atoms with Gasteiger partial charge in [-0.3, -0.25) is 4.79 Å². The van der Waals surface area contributed by atoms with Gasteiger partial charge in [-0.25, -0.2) is 9.97 Å². The molecule has 29 heavy (non-hydrogen) atoms. The molecule has 1 aromatic heterocycles. The van der Waals surface area contributed by atoms with Gasteiger partial charge in [-0.1, -0.05) is 13.0 Å². The van der Waals surface area contributed by atoms with Crippen LogP contribution in [0.2, 0.25) is 0 Å². The Morgan fingerprint density at radius 3 is 3.03 bits per heavy atom. The Hall–Kier alpha value is -2.83. The number of nitrogens with one attached hydrogen (secondary N) is 1. The lowest BCUT2D eigenvalue weighted by Gasteiger charge is -2.27. The molecule has 4 heterocycles. The zero-order valence-corrected chi connectivity index (χ0v) is 16.5. The Kier molecular flexibility index (Phi) is 3.58. The Labute approximate surface area is 169 Å². The number of hydrogen-bond acceptors (Lipinski definition) is 6. The molecule has 3 aliphatic heterocycles. The van der Waals surface area contributed by atoms with E-state index in [2.05, 4.69) is 22.1 Å². The molecule has 1 amide bonds. The minimum Gasteiger partial charge on any atom is -0.454 e. The van der Waals surface area contributed by atoms with Crippen molar-refractivity contribution in [3.8, 4) is 11.5 Å². The van der Waals surface area contributed by atoms with Crippen LogP contribution in [0.5, 0.6) is 11.5 Å². The molecule has 0 bridgehead atoms. The van der Waals surface area contributed by atoms with Gasteiger partial charge in [0.1, 0.15) is 17.3 Å². The van der Waals surface area contributed by atoms with E-state index in [-0.39, 0.29) is 12.7 Å². The lowest BCUT2D eigenvalue weighted by Crippen LogP contribution is -2.36. The maximum Gasteiger partial charge on any atom is 0.270 e. The summed E-state index contributed by atoms with van der Waals surface area (Å²) in [4.78, 5) is 24.6. The van der Waals surface area contributed by atoms with E-state index < -0.39 is 0 Å². The summed E-state index contributed by atoms with van der Waals surface area (Å²) in [6.07, 6.45) is 3.89. The highest BCUT2D eigenvalue weighted by atomic mass is 16.7. The Bertz CT molecular complexity index is 1020. The van der Waals surface area contributed by atoms with Crippen molar-refractivity contribution in [2.75, 3.05) is 31.3 Å². The number of nitrogens with zero attached hydrogens (tertiary/aromatic N) is 3. The highest BCUT2D eigenvalue weighted by Gasteiger charge is 2.58. The molecule has 1 N–H and O–H groups in total. The number of piperidine rings is 1. The van der Waals surface area contributed by atoms with Gasteiger partial charge in [0.2, 0.25) is 6.79 Å². The third-order valence-electron chi connectivity index (χ3n) is 7.02. The van der Waals surface area contributed by atoms with Crippen molar-refractivity contribution in [1.82, 2.24) is 15.3 Å². The van der Waals surface area contributed by atoms with Crippen LogP contribution >= 0.6 is 0 Å². The number of carbonyl (C=O) groups excluding carboxylic acids is 1. The normalized spacial score (nSPS) is 26.2. The predicted molar refractivity (Wildman–Crippen MR) is 106 cm³/mol. The first-order valence-electron chi connectivity index (χ1n) is 10.5. The molecule has 7 heteroatoms. The summed E-state index contributed by atoms with van der Waals surface area (Å²) in [5.41, 5.74) is 3.07. The number of rotatable bonds is 4. The fourth-order valence-corrected chi connectivity index (χ4v) is 5.19. The monoisotopic (exact) mass is 392 g/mol. The van der Waals surface area contributed by atoms with E-state index >= 15 is 0 Å². The van der Waals surface area contributed by atoms with Crippen molar-refractivity contribution in [2.24, 2.45) is 11.3 Å². The number of fused-ring (bicyclic) bond motifs is 3. The molecular weight excluding hydrogens is 368 g/mol. The molecular formula is C22H24N4O3. The summed E-state index contributed by atoms with van der Waals surface area (Å²) in [6.45, 7) is 5.29. The number of aromatic nitrogens is 2. The van der Waals surface area contributed by atoms with Crippen molar-refractivity contribution < 1.29 is 14.3 Å². The van der Waals surface area contributed by atoms with Crippen LogP contribution in [-0.2, 0) is 12.8 Å². The van der Waals surface area contributed by atoms with Gasteiger partial charge in [0.25, 0.3) is 5.91 Å². The van der Waals surface area contributed by atoms with Crippen LogP contribution in [0.4, 0.5) is 5.82 Å². The van der Waals surface area contributed by atoms with Gasteiger partial charge in [-0.05, 0) is 48.3 Å². The maximum atomic E-state index is 12.5. The molecule has 0 spiro atoms. The van der Waals surface area contributed by atoms with Crippen LogP contribution in [0.1, 0.15) is 47.2 Å². The van der Waals surface area contributed by atoms with Crippen LogP contribution in [0.25, 0.3) is 0 Å². The Balaban J connectivity index is 1.37. The van der Waals surface area contributed by atoms with Crippen molar-refractivity contribution >= 4 is 11.7 Å². The third kappa shape index (κ3) is 2.67. The van der Waals surface area contributed by atoms with Crippen molar-refractivity contribution in [3.05, 3.63) is 40.8 Å². The number of hydrogen-bond donors (Lipinski definition) is 1. The molecule has 1 saturated heterocycles. The molecule has 1 saturated carbocycles. The van der Waals surface area contributed by atoms with Gasteiger partial charge in [0.05, 0.1) is 0 Å². The zero-order valence-electron chi connectivity index (χ0n) is 16.5. The largest absolute Gasteiger partial charge is 0.454 e. The Morgan fingerprint density at radius 1 is 1.28 bits per heavy atom. The molecule has 6 rings (SSSR count). The quantitative estimate of drug-likeness (QED) is 0.861. The van der Waals surface area contributed by atoms with Gasteiger partial charge in [0.15, 0.2) is 11.5 Å². The van der Waals surface area contributed by atoms with E-state index in [9.17, 15) is 4.79 Å². The first-order chi connectivity index (χ1) is 14.1. The summed E-state index contributed by atoms with van der Waals surface area (Å²) in [6, 6.07) is 5.90. The lowest BCUT2D eigenvalue weighted by atomic mass is 10.0. The average molecular weight is 392 g/mol. The number of benzene rings is 1. The minimum atomic E-state index is -0.0867. The number of anilines is 1.